The Morgan fingerprint density at radius 3 is 2.81 bits per heavy atom. The molecule has 1 aliphatic heterocycles. The Bertz CT molecular complexity index is 1070. The van der Waals surface area contributed by atoms with Crippen LogP contribution in [0.3, 0.4) is 0 Å². The summed E-state index contributed by atoms with van der Waals surface area (Å²) in [4.78, 5) is 35.1. The van der Waals surface area contributed by atoms with Crippen LogP contribution in [0.1, 0.15) is 22.3 Å². The summed E-state index contributed by atoms with van der Waals surface area (Å²) in [6.45, 7) is 3.51. The zero-order valence-electron chi connectivity index (χ0n) is 14.5. The molecular weight excluding hydrogens is 370 g/mol. The molecule has 27 heavy (non-hydrogen) atoms. The lowest BCUT2D eigenvalue weighted by atomic mass is 9.96. The maximum Gasteiger partial charge on any atom is 0.341 e. The second-order valence-corrected chi connectivity index (χ2v) is 7.31. The zero-order chi connectivity index (χ0) is 19.1. The van der Waals surface area contributed by atoms with E-state index >= 15 is 0 Å². The van der Waals surface area contributed by atoms with Gasteiger partial charge in [-0.05, 0) is 30.9 Å². The molecule has 1 fully saturated rings. The van der Waals surface area contributed by atoms with Gasteiger partial charge in [0.05, 0.1) is 5.39 Å². The minimum atomic E-state index is -1.29. The molecule has 2 N–H and O–H groups in total. The fourth-order valence-electron chi connectivity index (χ4n) is 3.33. The molecular formula is C17H17N5O4S. The maximum atomic E-state index is 12.7. The lowest BCUT2D eigenvalue weighted by molar-refractivity contribution is 0.0695. The van der Waals surface area contributed by atoms with E-state index in [0.29, 0.717) is 22.3 Å². The van der Waals surface area contributed by atoms with E-state index in [-0.39, 0.29) is 17.6 Å². The monoisotopic (exact) mass is 387 g/mol. The van der Waals surface area contributed by atoms with Crippen molar-refractivity contribution < 1.29 is 15.0 Å². The van der Waals surface area contributed by atoms with E-state index in [9.17, 15) is 14.7 Å². The standard InChI is InChI=1S/C17H17N5O4S/c1-9-4-12(21-5-10(6-21)2-3-23)20-15-13(9)14(24)11(16(25)26)7-22(15)17-18-8-19-27-17/h4,7-8,10,23H,2-3,5-6H2,1H3,(H,25,26). The Morgan fingerprint density at radius 1 is 1.41 bits per heavy atom. The second kappa shape index (κ2) is 6.71. The molecule has 0 atom stereocenters. The van der Waals surface area contributed by atoms with E-state index < -0.39 is 11.4 Å². The molecule has 0 radical (unpaired) electrons. The number of aromatic carboxylic acids is 1. The minimum Gasteiger partial charge on any atom is -0.477 e. The van der Waals surface area contributed by atoms with Crippen molar-refractivity contribution in [2.45, 2.75) is 13.3 Å². The van der Waals surface area contributed by atoms with Crippen molar-refractivity contribution >= 4 is 34.4 Å². The third-order valence-electron chi connectivity index (χ3n) is 4.75. The van der Waals surface area contributed by atoms with Crippen LogP contribution in [0.15, 0.2) is 23.4 Å². The predicted octanol–water partition coefficient (Wildman–Crippen LogP) is 1.06. The minimum absolute atomic E-state index is 0.164. The van der Waals surface area contributed by atoms with Gasteiger partial charge in [0.25, 0.3) is 0 Å². The number of fused-ring (bicyclic) bond motifs is 1. The molecule has 0 unspecified atom stereocenters. The number of pyridine rings is 2. The first kappa shape index (κ1) is 17.6. The second-order valence-electron chi connectivity index (χ2n) is 6.55. The first-order valence-corrected chi connectivity index (χ1v) is 9.20. The van der Waals surface area contributed by atoms with E-state index in [4.69, 9.17) is 5.11 Å². The molecule has 3 aromatic heterocycles. The molecule has 3 aromatic rings. The van der Waals surface area contributed by atoms with Crippen LogP contribution in [0.25, 0.3) is 16.2 Å². The van der Waals surface area contributed by atoms with Gasteiger partial charge in [-0.2, -0.15) is 4.37 Å². The topological polar surface area (TPSA) is 121 Å². The molecule has 0 aliphatic carbocycles. The van der Waals surface area contributed by atoms with Gasteiger partial charge in [-0.1, -0.05) is 0 Å². The van der Waals surface area contributed by atoms with Crippen molar-refractivity contribution in [1.29, 1.82) is 0 Å². The van der Waals surface area contributed by atoms with Crippen LogP contribution in [-0.2, 0) is 0 Å². The average Bonchev–Trinajstić information content (AvgIpc) is 3.11. The van der Waals surface area contributed by atoms with E-state index in [1.807, 2.05) is 0 Å². The van der Waals surface area contributed by atoms with Crippen LogP contribution >= 0.6 is 11.5 Å². The SMILES string of the molecule is Cc1cc(N2CC(CCO)C2)nc2c1c(=O)c(C(=O)O)cn2-c1ncns1. The van der Waals surface area contributed by atoms with Crippen LogP contribution in [-0.4, -0.2) is 54.8 Å². The predicted molar refractivity (Wildman–Crippen MR) is 99.9 cm³/mol. The fourth-order valence-corrected chi connectivity index (χ4v) is 3.84. The number of rotatable bonds is 5. The third kappa shape index (κ3) is 2.96. The molecule has 0 spiro atoms. The maximum absolute atomic E-state index is 12.7. The van der Waals surface area contributed by atoms with Crippen molar-refractivity contribution in [3.05, 3.63) is 39.9 Å². The molecule has 10 heteroatoms. The van der Waals surface area contributed by atoms with E-state index in [2.05, 4.69) is 19.2 Å². The van der Waals surface area contributed by atoms with E-state index in [1.165, 1.54) is 17.1 Å². The van der Waals surface area contributed by atoms with Crippen LogP contribution < -0.4 is 10.3 Å². The molecule has 9 nitrogen and oxygen atoms in total. The number of carboxylic acid groups (broad SMARTS) is 1. The summed E-state index contributed by atoms with van der Waals surface area (Å²) in [6, 6.07) is 1.80. The average molecular weight is 387 g/mol. The number of aryl methyl sites for hydroxylation is 1. The van der Waals surface area contributed by atoms with Crippen molar-refractivity contribution in [3.63, 3.8) is 0 Å². The molecule has 4 heterocycles. The van der Waals surface area contributed by atoms with Crippen LogP contribution in [0.4, 0.5) is 5.82 Å². The molecule has 0 aromatic carbocycles. The number of carboxylic acids is 1. The Labute approximate surface area is 157 Å². The van der Waals surface area contributed by atoms with Gasteiger partial charge < -0.3 is 15.1 Å². The lowest BCUT2D eigenvalue weighted by Crippen LogP contribution is -2.47. The normalized spacial score (nSPS) is 14.5. The van der Waals surface area contributed by atoms with Gasteiger partial charge in [0.2, 0.25) is 10.6 Å². The summed E-state index contributed by atoms with van der Waals surface area (Å²) in [7, 11) is 0. The Morgan fingerprint density at radius 2 is 2.19 bits per heavy atom. The Kier molecular flexibility index (Phi) is 4.36. The van der Waals surface area contributed by atoms with Gasteiger partial charge in [-0.3, -0.25) is 9.36 Å². The summed E-state index contributed by atoms with van der Waals surface area (Å²) >= 11 is 1.09. The van der Waals surface area contributed by atoms with Gasteiger partial charge in [-0.15, -0.1) is 0 Å². The van der Waals surface area contributed by atoms with Crippen LogP contribution in [0, 0.1) is 12.8 Å². The first-order chi connectivity index (χ1) is 13.0. The Hall–Kier alpha value is -2.85. The quantitative estimate of drug-likeness (QED) is 0.667. The summed E-state index contributed by atoms with van der Waals surface area (Å²) in [5, 5.41) is 19.2. The molecule has 140 valence electrons. The van der Waals surface area contributed by atoms with Gasteiger partial charge in [0.15, 0.2) is 5.65 Å². The number of hydrogen-bond donors (Lipinski definition) is 2. The van der Waals surface area contributed by atoms with Crippen LogP contribution in [0.2, 0.25) is 0 Å². The van der Waals surface area contributed by atoms with Gasteiger partial charge in [0, 0.05) is 37.4 Å². The number of anilines is 1. The Balaban J connectivity index is 1.90. The highest BCUT2D eigenvalue weighted by atomic mass is 32.1. The van der Waals surface area contributed by atoms with Crippen molar-refractivity contribution in [2.75, 3.05) is 24.6 Å². The lowest BCUT2D eigenvalue weighted by Gasteiger charge is -2.40. The van der Waals surface area contributed by atoms with Crippen molar-refractivity contribution in [3.8, 4) is 5.13 Å². The largest absolute Gasteiger partial charge is 0.477 e. The summed E-state index contributed by atoms with van der Waals surface area (Å²) in [6.07, 6.45) is 3.38. The highest BCUT2D eigenvalue weighted by molar-refractivity contribution is 7.08. The number of aromatic nitrogens is 4. The molecule has 1 saturated heterocycles. The van der Waals surface area contributed by atoms with Gasteiger partial charge >= 0.3 is 5.97 Å². The highest BCUT2D eigenvalue weighted by Gasteiger charge is 2.28. The highest BCUT2D eigenvalue weighted by Crippen LogP contribution is 2.29. The number of aliphatic hydroxyl groups is 1. The number of aliphatic hydroxyl groups excluding tert-OH is 1. The number of nitrogens with zero attached hydrogens (tertiary/aromatic N) is 5. The van der Waals surface area contributed by atoms with Crippen molar-refractivity contribution in [1.82, 2.24) is 18.9 Å². The molecule has 0 bridgehead atoms. The summed E-state index contributed by atoms with van der Waals surface area (Å²) < 4.78 is 5.48. The zero-order valence-corrected chi connectivity index (χ0v) is 15.3. The molecule has 0 saturated carbocycles. The van der Waals surface area contributed by atoms with Crippen molar-refractivity contribution in [2.24, 2.45) is 5.92 Å². The summed E-state index contributed by atoms with van der Waals surface area (Å²) in [5.41, 5.74) is 0.133. The van der Waals surface area contributed by atoms with Crippen LogP contribution in [0.5, 0.6) is 0 Å². The first-order valence-electron chi connectivity index (χ1n) is 8.42. The molecule has 1 aliphatic rings. The molecule has 0 amide bonds. The van der Waals surface area contributed by atoms with E-state index in [1.54, 1.807) is 13.0 Å². The van der Waals surface area contributed by atoms with Gasteiger partial charge in [0.1, 0.15) is 17.7 Å². The summed E-state index contributed by atoms with van der Waals surface area (Å²) in [5.74, 6) is -0.152. The van der Waals surface area contributed by atoms with E-state index in [0.717, 1.165) is 36.9 Å². The smallest absolute Gasteiger partial charge is 0.341 e. The number of carbonyl (C=O) groups is 1. The number of hydrogen-bond acceptors (Lipinski definition) is 8. The fraction of sp³-hybridized carbons (Fsp3) is 0.353. The van der Waals surface area contributed by atoms with Gasteiger partial charge in [-0.25, -0.2) is 14.8 Å². The third-order valence-corrected chi connectivity index (χ3v) is 5.41. The molecule has 4 rings (SSSR count).